The fourth-order valence-electron chi connectivity index (χ4n) is 6.46. The Morgan fingerprint density at radius 2 is 1.90 bits per heavy atom. The van der Waals surface area contributed by atoms with Gasteiger partial charge in [-0.1, -0.05) is 0 Å². The van der Waals surface area contributed by atoms with Gasteiger partial charge in [-0.2, -0.15) is 0 Å². The molecule has 2 aliphatic heterocycles. The first-order valence-electron chi connectivity index (χ1n) is 14.1. The van der Waals surface area contributed by atoms with Gasteiger partial charge in [-0.3, -0.25) is 14.5 Å². The van der Waals surface area contributed by atoms with Gasteiger partial charge in [0.1, 0.15) is 17.2 Å². The van der Waals surface area contributed by atoms with Crippen LogP contribution in [0.5, 0.6) is 0 Å². The number of amides is 1. The standard InChI is InChI=1S/C30H32FN7O2S/c1-17-19(18-14-22(28(39)36(3)15-18)34-30-33-21-9-11-35(2)16-24(21)41-30)8-10-32-27(17)38-13-12-37-23-7-5-4-6-20(23)25(31)26(37)29(38)40/h8,10,14-15H,4-7,9,11-13,16H2,1-3H3,(H,33,34). The largest absolute Gasteiger partial charge is 0.336 e. The van der Waals surface area contributed by atoms with E-state index in [2.05, 4.69) is 22.2 Å². The monoisotopic (exact) mass is 573 g/mol. The minimum atomic E-state index is -0.368. The summed E-state index contributed by atoms with van der Waals surface area (Å²) in [7, 11) is 3.82. The average molecular weight is 574 g/mol. The maximum Gasteiger partial charge on any atom is 0.279 e. The molecule has 0 saturated carbocycles. The van der Waals surface area contributed by atoms with Crippen LogP contribution in [0.1, 0.15) is 50.7 Å². The number of anilines is 3. The highest BCUT2D eigenvalue weighted by molar-refractivity contribution is 7.15. The van der Waals surface area contributed by atoms with E-state index in [4.69, 9.17) is 4.98 Å². The zero-order valence-electron chi connectivity index (χ0n) is 23.5. The van der Waals surface area contributed by atoms with Gasteiger partial charge in [-0.25, -0.2) is 14.4 Å². The number of nitrogens with one attached hydrogen (secondary N) is 1. The Balaban J connectivity index is 1.23. The summed E-state index contributed by atoms with van der Waals surface area (Å²) in [4.78, 5) is 41.2. The molecule has 7 rings (SSSR count). The molecule has 0 atom stereocenters. The molecule has 0 saturated heterocycles. The van der Waals surface area contributed by atoms with E-state index < -0.39 is 0 Å². The summed E-state index contributed by atoms with van der Waals surface area (Å²) in [6, 6.07) is 3.72. The maximum absolute atomic E-state index is 15.4. The van der Waals surface area contributed by atoms with Crippen molar-refractivity contribution in [3.05, 3.63) is 73.8 Å². The van der Waals surface area contributed by atoms with Crippen LogP contribution in [0.4, 0.5) is 21.0 Å². The molecule has 6 heterocycles. The van der Waals surface area contributed by atoms with Crippen LogP contribution in [-0.4, -0.2) is 50.0 Å². The lowest BCUT2D eigenvalue weighted by Gasteiger charge is -2.30. The molecular weight excluding hydrogens is 541 g/mol. The van der Waals surface area contributed by atoms with E-state index in [1.165, 1.54) is 4.88 Å². The summed E-state index contributed by atoms with van der Waals surface area (Å²) in [6.07, 6.45) is 7.83. The second kappa shape index (κ2) is 9.92. The minimum absolute atomic E-state index is 0.153. The number of likely N-dealkylation sites (N-methyl/N-ethyl adjacent to an activating group) is 1. The van der Waals surface area contributed by atoms with Gasteiger partial charge in [-0.15, -0.1) is 11.3 Å². The third-order valence-electron chi connectivity index (χ3n) is 8.59. The van der Waals surface area contributed by atoms with Crippen molar-refractivity contribution in [1.82, 2.24) is 24.0 Å². The van der Waals surface area contributed by atoms with Crippen LogP contribution in [-0.2, 0) is 39.4 Å². The Kier molecular flexibility index (Phi) is 6.31. The first-order valence-corrected chi connectivity index (χ1v) is 14.9. The molecule has 0 spiro atoms. The number of aryl methyl sites for hydroxylation is 1. The van der Waals surface area contributed by atoms with Crippen LogP contribution in [0.3, 0.4) is 0 Å². The lowest BCUT2D eigenvalue weighted by Crippen LogP contribution is -2.42. The summed E-state index contributed by atoms with van der Waals surface area (Å²) in [5.74, 6) is -0.206. The molecule has 0 aromatic carbocycles. The summed E-state index contributed by atoms with van der Waals surface area (Å²) < 4.78 is 18.9. The van der Waals surface area contributed by atoms with Gasteiger partial charge in [0.15, 0.2) is 10.9 Å². The van der Waals surface area contributed by atoms with Crippen molar-refractivity contribution < 1.29 is 9.18 Å². The normalized spacial score (nSPS) is 16.9. The van der Waals surface area contributed by atoms with E-state index in [0.29, 0.717) is 41.7 Å². The van der Waals surface area contributed by atoms with Crippen molar-refractivity contribution >= 4 is 33.9 Å². The number of halogens is 1. The number of pyridine rings is 2. The van der Waals surface area contributed by atoms with E-state index in [1.54, 1.807) is 40.2 Å². The third-order valence-corrected chi connectivity index (χ3v) is 9.59. The second-order valence-electron chi connectivity index (χ2n) is 11.3. The Hall–Kier alpha value is -3.83. The number of rotatable bonds is 4. The van der Waals surface area contributed by atoms with Crippen LogP contribution in [0, 0.1) is 12.7 Å². The van der Waals surface area contributed by atoms with Crippen LogP contribution in [0.2, 0.25) is 0 Å². The molecule has 41 heavy (non-hydrogen) atoms. The summed E-state index contributed by atoms with van der Waals surface area (Å²) in [6.45, 7) is 4.72. The van der Waals surface area contributed by atoms with Gasteiger partial charge in [0.2, 0.25) is 0 Å². The maximum atomic E-state index is 15.4. The summed E-state index contributed by atoms with van der Waals surface area (Å²) in [5.41, 5.74) is 5.66. The van der Waals surface area contributed by atoms with Gasteiger partial charge in [0, 0.05) is 73.7 Å². The Morgan fingerprint density at radius 1 is 1.07 bits per heavy atom. The lowest BCUT2D eigenvalue weighted by atomic mass is 9.97. The fourth-order valence-corrected chi connectivity index (χ4v) is 7.56. The van der Waals surface area contributed by atoms with E-state index in [0.717, 1.165) is 66.9 Å². The molecule has 0 bridgehead atoms. The van der Waals surface area contributed by atoms with Gasteiger partial charge in [0.05, 0.1) is 5.69 Å². The zero-order valence-corrected chi connectivity index (χ0v) is 24.3. The predicted octanol–water partition coefficient (Wildman–Crippen LogP) is 4.42. The van der Waals surface area contributed by atoms with Gasteiger partial charge < -0.3 is 19.4 Å². The molecule has 1 amide bonds. The van der Waals surface area contributed by atoms with Gasteiger partial charge >= 0.3 is 0 Å². The SMILES string of the molecule is Cc1c(-c2cc(Nc3nc4c(s3)CN(C)CC4)c(=O)n(C)c2)ccnc1N1CCn2c3c(c(F)c2C1=O)CCCC3. The van der Waals surface area contributed by atoms with Gasteiger partial charge in [-0.05, 0) is 62.9 Å². The number of hydrogen-bond acceptors (Lipinski definition) is 7. The van der Waals surface area contributed by atoms with Crippen molar-refractivity contribution in [2.75, 3.05) is 30.4 Å². The molecule has 0 fully saturated rings. The fraction of sp³-hybridized carbons (Fsp3) is 0.400. The average Bonchev–Trinajstić information content (AvgIpc) is 3.49. The third kappa shape index (κ3) is 4.29. The molecule has 9 nitrogen and oxygen atoms in total. The van der Waals surface area contributed by atoms with E-state index in [-0.39, 0.29) is 23.0 Å². The van der Waals surface area contributed by atoms with Crippen molar-refractivity contribution in [2.24, 2.45) is 7.05 Å². The molecule has 3 aliphatic rings. The number of thiazole rings is 1. The summed E-state index contributed by atoms with van der Waals surface area (Å²) in [5, 5.41) is 3.98. The Labute approximate surface area is 241 Å². The topological polar surface area (TPSA) is 88.3 Å². The smallest absolute Gasteiger partial charge is 0.279 e. The molecule has 11 heteroatoms. The van der Waals surface area contributed by atoms with E-state index in [1.807, 2.05) is 23.6 Å². The van der Waals surface area contributed by atoms with E-state index >= 15 is 4.39 Å². The molecule has 0 radical (unpaired) electrons. The molecule has 1 aliphatic carbocycles. The van der Waals surface area contributed by atoms with Gasteiger partial charge in [0.25, 0.3) is 11.5 Å². The van der Waals surface area contributed by atoms with Crippen LogP contribution >= 0.6 is 11.3 Å². The Morgan fingerprint density at radius 3 is 2.76 bits per heavy atom. The number of carbonyl (C=O) groups excluding carboxylic acids is 1. The summed E-state index contributed by atoms with van der Waals surface area (Å²) >= 11 is 1.58. The highest BCUT2D eigenvalue weighted by Crippen LogP contribution is 2.36. The Bertz CT molecular complexity index is 1770. The van der Waals surface area contributed by atoms with Crippen LogP contribution in [0.25, 0.3) is 11.1 Å². The highest BCUT2D eigenvalue weighted by Gasteiger charge is 2.36. The molecule has 4 aromatic rings. The number of nitrogens with zero attached hydrogens (tertiary/aromatic N) is 6. The minimum Gasteiger partial charge on any atom is -0.336 e. The number of carbonyl (C=O) groups is 1. The number of hydrogen-bond donors (Lipinski definition) is 1. The second-order valence-corrected chi connectivity index (χ2v) is 12.4. The zero-order chi connectivity index (χ0) is 28.4. The first-order chi connectivity index (χ1) is 19.8. The van der Waals surface area contributed by atoms with Crippen molar-refractivity contribution in [3.8, 4) is 11.1 Å². The van der Waals surface area contributed by atoms with Crippen molar-refractivity contribution in [2.45, 2.75) is 52.1 Å². The molecular formula is C30H32FN7O2S. The first kappa shape index (κ1) is 26.1. The number of aromatic nitrogens is 4. The molecule has 1 N–H and O–H groups in total. The van der Waals surface area contributed by atoms with Crippen molar-refractivity contribution in [1.29, 1.82) is 0 Å². The highest BCUT2D eigenvalue weighted by atomic mass is 32.1. The molecule has 4 aromatic heterocycles. The van der Waals surface area contributed by atoms with E-state index in [9.17, 15) is 9.59 Å². The van der Waals surface area contributed by atoms with Crippen LogP contribution in [0.15, 0.2) is 29.3 Å². The molecule has 212 valence electrons. The molecule has 0 unspecified atom stereocenters. The van der Waals surface area contributed by atoms with Crippen LogP contribution < -0.4 is 15.8 Å². The predicted molar refractivity (Wildman–Crippen MR) is 158 cm³/mol. The lowest BCUT2D eigenvalue weighted by molar-refractivity contribution is 0.0959. The van der Waals surface area contributed by atoms with Crippen molar-refractivity contribution in [3.63, 3.8) is 0 Å². The number of fused-ring (bicyclic) bond motifs is 4. The quantitative estimate of drug-likeness (QED) is 0.389.